The van der Waals surface area contributed by atoms with Gasteiger partial charge in [0.1, 0.15) is 6.04 Å². The molecule has 1 aromatic rings. The zero-order valence-corrected chi connectivity index (χ0v) is 12.1. The maximum absolute atomic E-state index is 12.2. The molecule has 1 atom stereocenters. The summed E-state index contributed by atoms with van der Waals surface area (Å²) >= 11 is 0. The fraction of sp³-hybridized carbons (Fsp3) is 0.500. The summed E-state index contributed by atoms with van der Waals surface area (Å²) in [4.78, 5) is 18.4. The number of likely N-dealkylation sites (tertiary alicyclic amines) is 1. The molecule has 1 aromatic heterocycles. The maximum Gasteiger partial charge on any atom is 0.243 e. The number of hydrogen-bond donors (Lipinski definition) is 1. The van der Waals surface area contributed by atoms with E-state index in [4.69, 9.17) is 4.74 Å². The first-order chi connectivity index (χ1) is 10.3. The normalized spacial score (nSPS) is 22.7. The van der Waals surface area contributed by atoms with Gasteiger partial charge in [-0.1, -0.05) is 18.2 Å². The third kappa shape index (κ3) is 3.68. The van der Waals surface area contributed by atoms with Gasteiger partial charge in [-0.15, -0.1) is 0 Å². The van der Waals surface area contributed by atoms with Crippen molar-refractivity contribution in [2.45, 2.75) is 31.6 Å². The SMILES string of the molecule is O=C([C@@H]1C=CCN1)N1CCC(OCc2ccccn2)CC1. The number of rotatable bonds is 4. The highest BCUT2D eigenvalue weighted by Gasteiger charge is 2.28. The number of amides is 1. The molecule has 0 spiro atoms. The van der Waals surface area contributed by atoms with Crippen molar-refractivity contribution in [3.8, 4) is 0 Å². The van der Waals surface area contributed by atoms with Crippen molar-refractivity contribution in [2.24, 2.45) is 0 Å². The molecule has 5 heteroatoms. The van der Waals surface area contributed by atoms with Crippen LogP contribution in [-0.4, -0.2) is 47.6 Å². The molecule has 0 radical (unpaired) electrons. The molecular formula is C16H21N3O2. The Balaban J connectivity index is 1.42. The molecular weight excluding hydrogens is 266 g/mol. The Morgan fingerprint density at radius 3 is 2.90 bits per heavy atom. The van der Waals surface area contributed by atoms with Crippen molar-refractivity contribution >= 4 is 5.91 Å². The summed E-state index contributed by atoms with van der Waals surface area (Å²) < 4.78 is 5.89. The molecule has 0 bridgehead atoms. The first-order valence-electron chi connectivity index (χ1n) is 7.53. The number of hydrogen-bond acceptors (Lipinski definition) is 4. The minimum atomic E-state index is -0.129. The Morgan fingerprint density at radius 1 is 1.38 bits per heavy atom. The van der Waals surface area contributed by atoms with E-state index in [2.05, 4.69) is 10.3 Å². The van der Waals surface area contributed by atoms with Gasteiger partial charge in [0.15, 0.2) is 0 Å². The smallest absolute Gasteiger partial charge is 0.243 e. The van der Waals surface area contributed by atoms with Crippen molar-refractivity contribution in [3.05, 3.63) is 42.2 Å². The van der Waals surface area contributed by atoms with Crippen molar-refractivity contribution in [3.63, 3.8) is 0 Å². The van der Waals surface area contributed by atoms with Gasteiger partial charge in [-0.25, -0.2) is 0 Å². The highest BCUT2D eigenvalue weighted by atomic mass is 16.5. The van der Waals surface area contributed by atoms with Gasteiger partial charge in [-0.05, 0) is 25.0 Å². The van der Waals surface area contributed by atoms with Gasteiger partial charge >= 0.3 is 0 Å². The zero-order valence-electron chi connectivity index (χ0n) is 12.1. The summed E-state index contributed by atoms with van der Waals surface area (Å²) in [5.74, 6) is 0.187. The second-order valence-electron chi connectivity index (χ2n) is 5.47. The topological polar surface area (TPSA) is 54.5 Å². The number of nitrogens with zero attached hydrogens (tertiary/aromatic N) is 2. The fourth-order valence-corrected chi connectivity index (χ4v) is 2.76. The molecule has 0 aromatic carbocycles. The lowest BCUT2D eigenvalue weighted by atomic mass is 10.1. The van der Waals surface area contributed by atoms with E-state index in [1.807, 2.05) is 35.3 Å². The first-order valence-corrected chi connectivity index (χ1v) is 7.53. The van der Waals surface area contributed by atoms with Gasteiger partial charge in [0.2, 0.25) is 5.91 Å². The maximum atomic E-state index is 12.2. The van der Waals surface area contributed by atoms with Gasteiger partial charge in [0.25, 0.3) is 0 Å². The molecule has 1 saturated heterocycles. The molecule has 5 nitrogen and oxygen atoms in total. The Morgan fingerprint density at radius 2 is 2.24 bits per heavy atom. The molecule has 0 unspecified atom stereocenters. The molecule has 3 rings (SSSR count). The molecule has 0 aliphatic carbocycles. The highest BCUT2D eigenvalue weighted by molar-refractivity contribution is 5.84. The number of piperidine rings is 1. The van der Waals surface area contributed by atoms with Crippen molar-refractivity contribution in [2.75, 3.05) is 19.6 Å². The van der Waals surface area contributed by atoms with Crippen LogP contribution >= 0.6 is 0 Å². The van der Waals surface area contributed by atoms with Crippen molar-refractivity contribution in [1.82, 2.24) is 15.2 Å². The lowest BCUT2D eigenvalue weighted by molar-refractivity contribution is -0.134. The molecule has 0 saturated carbocycles. The van der Waals surface area contributed by atoms with E-state index in [1.54, 1.807) is 6.20 Å². The van der Waals surface area contributed by atoms with Gasteiger partial charge in [0.05, 0.1) is 18.4 Å². The average Bonchev–Trinajstić information content (AvgIpc) is 3.08. The quantitative estimate of drug-likeness (QED) is 0.843. The lowest BCUT2D eigenvalue weighted by Crippen LogP contribution is -2.48. The highest BCUT2D eigenvalue weighted by Crippen LogP contribution is 2.16. The minimum absolute atomic E-state index is 0.129. The summed E-state index contributed by atoms with van der Waals surface area (Å²) in [6.07, 6.45) is 7.76. The summed E-state index contributed by atoms with van der Waals surface area (Å²) in [6, 6.07) is 5.71. The Bertz CT molecular complexity index is 496. The Kier molecular flexibility index (Phi) is 4.62. The second kappa shape index (κ2) is 6.83. The fourth-order valence-electron chi connectivity index (χ4n) is 2.76. The van der Waals surface area contributed by atoms with Crippen LogP contribution in [0.25, 0.3) is 0 Å². The molecule has 112 valence electrons. The van der Waals surface area contributed by atoms with Crippen LogP contribution in [0.15, 0.2) is 36.5 Å². The Labute approximate surface area is 125 Å². The van der Waals surface area contributed by atoms with E-state index in [1.165, 1.54) is 0 Å². The van der Waals surface area contributed by atoms with E-state index in [0.717, 1.165) is 38.2 Å². The van der Waals surface area contributed by atoms with E-state index < -0.39 is 0 Å². The summed E-state index contributed by atoms with van der Waals surface area (Å²) in [5.41, 5.74) is 0.955. The monoisotopic (exact) mass is 287 g/mol. The second-order valence-corrected chi connectivity index (χ2v) is 5.47. The number of carbonyl (C=O) groups excluding carboxylic acids is 1. The van der Waals surface area contributed by atoms with Crippen LogP contribution in [0.3, 0.4) is 0 Å². The van der Waals surface area contributed by atoms with Gasteiger partial charge in [-0.2, -0.15) is 0 Å². The molecule has 2 aliphatic heterocycles. The largest absolute Gasteiger partial charge is 0.372 e. The number of nitrogens with one attached hydrogen (secondary N) is 1. The predicted octanol–water partition coefficient (Wildman–Crippen LogP) is 1.12. The third-order valence-electron chi connectivity index (χ3n) is 4.00. The van der Waals surface area contributed by atoms with Gasteiger partial charge in [-0.3, -0.25) is 15.1 Å². The Hall–Kier alpha value is -1.72. The molecule has 3 heterocycles. The van der Waals surface area contributed by atoms with Crippen LogP contribution in [0.1, 0.15) is 18.5 Å². The summed E-state index contributed by atoms with van der Waals surface area (Å²) in [6.45, 7) is 2.89. The molecule has 1 fully saturated rings. The first kappa shape index (κ1) is 14.2. The predicted molar refractivity (Wildman–Crippen MR) is 79.6 cm³/mol. The molecule has 2 aliphatic rings. The van der Waals surface area contributed by atoms with E-state index >= 15 is 0 Å². The third-order valence-corrected chi connectivity index (χ3v) is 4.00. The molecule has 1 amide bonds. The van der Waals surface area contributed by atoms with Crippen LogP contribution < -0.4 is 5.32 Å². The van der Waals surface area contributed by atoms with Crippen LogP contribution in [0.2, 0.25) is 0 Å². The van der Waals surface area contributed by atoms with Crippen molar-refractivity contribution < 1.29 is 9.53 Å². The van der Waals surface area contributed by atoms with Crippen LogP contribution in [0.4, 0.5) is 0 Å². The number of ether oxygens (including phenoxy) is 1. The van der Waals surface area contributed by atoms with Crippen molar-refractivity contribution in [1.29, 1.82) is 0 Å². The summed E-state index contributed by atoms with van der Waals surface area (Å²) in [5, 5.41) is 3.17. The lowest BCUT2D eigenvalue weighted by Gasteiger charge is -2.33. The standard InChI is InChI=1S/C16H21N3O2/c20-16(15-5-3-9-18-15)19-10-6-14(7-11-19)21-12-13-4-1-2-8-17-13/h1-5,8,14-15,18H,6-7,9-12H2/t15-/m0/s1. The van der Waals surface area contributed by atoms with E-state index in [0.29, 0.717) is 6.61 Å². The van der Waals surface area contributed by atoms with Gasteiger partial charge in [0, 0.05) is 25.8 Å². The van der Waals surface area contributed by atoms with E-state index in [9.17, 15) is 4.79 Å². The summed E-state index contributed by atoms with van der Waals surface area (Å²) in [7, 11) is 0. The molecule has 21 heavy (non-hydrogen) atoms. The number of pyridine rings is 1. The van der Waals surface area contributed by atoms with E-state index in [-0.39, 0.29) is 18.1 Å². The van der Waals surface area contributed by atoms with Crippen LogP contribution in [0, 0.1) is 0 Å². The number of carbonyl (C=O) groups is 1. The zero-order chi connectivity index (χ0) is 14.5. The minimum Gasteiger partial charge on any atom is -0.372 e. The van der Waals surface area contributed by atoms with Crippen LogP contribution in [-0.2, 0) is 16.1 Å². The molecule has 1 N–H and O–H groups in total. The average molecular weight is 287 g/mol. The van der Waals surface area contributed by atoms with Gasteiger partial charge < -0.3 is 9.64 Å². The van der Waals surface area contributed by atoms with Crippen LogP contribution in [0.5, 0.6) is 0 Å². The number of aromatic nitrogens is 1.